The van der Waals surface area contributed by atoms with Crippen molar-refractivity contribution in [1.82, 2.24) is 0 Å². The first-order valence-electron chi connectivity index (χ1n) is 9.53. The zero-order valence-corrected chi connectivity index (χ0v) is 18.0. The van der Waals surface area contributed by atoms with Crippen LogP contribution in [-0.4, -0.2) is 42.2 Å². The van der Waals surface area contributed by atoms with E-state index in [2.05, 4.69) is 10.0 Å². The number of carbonyl (C=O) groups is 2. The Morgan fingerprint density at radius 2 is 1.76 bits per heavy atom. The minimum absolute atomic E-state index is 0.00228. The van der Waals surface area contributed by atoms with Gasteiger partial charge in [0.1, 0.15) is 29.8 Å². The fourth-order valence-corrected chi connectivity index (χ4v) is 2.58. The molecule has 0 aliphatic heterocycles. The lowest BCUT2D eigenvalue weighted by atomic mass is 10.00. The van der Waals surface area contributed by atoms with E-state index in [1.807, 2.05) is 45.0 Å². The van der Waals surface area contributed by atoms with Crippen molar-refractivity contribution in [3.05, 3.63) is 40.3 Å². The van der Waals surface area contributed by atoms with Crippen LogP contribution in [0.1, 0.15) is 53.5 Å². The van der Waals surface area contributed by atoms with E-state index in [1.165, 1.54) is 0 Å². The Kier molecular flexibility index (Phi) is 9.14. The molecule has 8 heteroatoms. The lowest BCUT2D eigenvalue weighted by Gasteiger charge is -2.24. The average molecular weight is 405 g/mol. The highest BCUT2D eigenvalue weighted by molar-refractivity contribution is 5.71. The third-order valence-electron chi connectivity index (χ3n) is 3.59. The van der Waals surface area contributed by atoms with E-state index in [0.717, 1.165) is 11.3 Å². The molecule has 0 heterocycles. The number of ether oxygens (including phenoxy) is 3. The van der Waals surface area contributed by atoms with Crippen LogP contribution in [-0.2, 0) is 25.5 Å². The van der Waals surface area contributed by atoms with Gasteiger partial charge >= 0.3 is 5.97 Å². The van der Waals surface area contributed by atoms with E-state index in [4.69, 9.17) is 19.7 Å². The predicted molar refractivity (Wildman–Crippen MR) is 110 cm³/mol. The molecule has 1 aromatic carbocycles. The van der Waals surface area contributed by atoms with E-state index in [-0.39, 0.29) is 18.6 Å². The van der Waals surface area contributed by atoms with Gasteiger partial charge in [-0.3, -0.25) is 0 Å². The SMILES string of the molecule is CC(C)(C)OC(=O)CO[C@@H](CC=O)[C@H](Cc1ccc(OC(C)(C)C)cc1)N=[N+]=[N-]. The second-order valence-electron chi connectivity index (χ2n) is 8.67. The van der Waals surface area contributed by atoms with E-state index in [9.17, 15) is 9.59 Å². The highest BCUT2D eigenvalue weighted by Gasteiger charge is 2.24. The zero-order valence-electron chi connectivity index (χ0n) is 18.0. The van der Waals surface area contributed by atoms with Gasteiger partial charge in [0, 0.05) is 11.3 Å². The number of benzene rings is 1. The summed E-state index contributed by atoms with van der Waals surface area (Å²) in [6, 6.07) is 6.76. The molecule has 29 heavy (non-hydrogen) atoms. The molecule has 0 spiro atoms. The highest BCUT2D eigenvalue weighted by Crippen LogP contribution is 2.21. The standard InChI is InChI=1S/C21H31N3O5/c1-20(2,3)28-16-9-7-15(8-10-16)13-17(23-24-22)18(11-12-25)27-14-19(26)29-21(4,5)6/h7-10,12,17-18H,11,13-14H2,1-6H3/t17-,18-/m0/s1. The smallest absolute Gasteiger partial charge is 0.332 e. The molecule has 0 aliphatic carbocycles. The Morgan fingerprint density at radius 1 is 1.14 bits per heavy atom. The van der Waals surface area contributed by atoms with Crippen molar-refractivity contribution < 1.29 is 23.8 Å². The highest BCUT2D eigenvalue weighted by atomic mass is 16.6. The molecule has 0 N–H and O–H groups in total. The fourth-order valence-electron chi connectivity index (χ4n) is 2.58. The van der Waals surface area contributed by atoms with E-state index in [1.54, 1.807) is 20.8 Å². The largest absolute Gasteiger partial charge is 0.488 e. The molecule has 0 aromatic heterocycles. The Bertz CT molecular complexity index is 713. The quantitative estimate of drug-likeness (QED) is 0.188. The average Bonchev–Trinajstić information content (AvgIpc) is 2.57. The Balaban J connectivity index is 2.84. The molecule has 1 rings (SSSR count). The second kappa shape index (κ2) is 10.8. The predicted octanol–water partition coefficient (Wildman–Crippen LogP) is 4.40. The maximum atomic E-state index is 11.9. The minimum atomic E-state index is -0.735. The van der Waals surface area contributed by atoms with Gasteiger partial charge in [0.25, 0.3) is 0 Å². The van der Waals surface area contributed by atoms with E-state index in [0.29, 0.717) is 12.7 Å². The molecule has 160 valence electrons. The van der Waals surface area contributed by atoms with Crippen molar-refractivity contribution in [2.45, 2.75) is 77.7 Å². The Hall–Kier alpha value is -2.57. The van der Waals surface area contributed by atoms with Gasteiger partial charge in [0.05, 0.1) is 12.1 Å². The molecule has 2 atom stereocenters. The molecule has 8 nitrogen and oxygen atoms in total. The topological polar surface area (TPSA) is 111 Å². The van der Waals surface area contributed by atoms with Gasteiger partial charge in [-0.2, -0.15) is 0 Å². The van der Waals surface area contributed by atoms with Crippen molar-refractivity contribution in [3.8, 4) is 5.75 Å². The van der Waals surface area contributed by atoms with Gasteiger partial charge < -0.3 is 19.0 Å². The summed E-state index contributed by atoms with van der Waals surface area (Å²) in [6.07, 6.45) is 0.297. The summed E-state index contributed by atoms with van der Waals surface area (Å²) in [4.78, 5) is 25.9. The van der Waals surface area contributed by atoms with Crippen LogP contribution >= 0.6 is 0 Å². The van der Waals surface area contributed by atoms with Gasteiger partial charge in [0.2, 0.25) is 0 Å². The number of esters is 1. The van der Waals surface area contributed by atoms with Crippen LogP contribution in [0.25, 0.3) is 10.4 Å². The second-order valence-corrected chi connectivity index (χ2v) is 8.67. The first-order valence-corrected chi connectivity index (χ1v) is 9.53. The number of azide groups is 1. The van der Waals surface area contributed by atoms with Crippen molar-refractivity contribution in [3.63, 3.8) is 0 Å². The summed E-state index contributed by atoms with van der Waals surface area (Å²) < 4.78 is 16.6. The number of aldehydes is 1. The first kappa shape index (κ1) is 24.5. The summed E-state index contributed by atoms with van der Waals surface area (Å²) in [5.74, 6) is 0.184. The maximum absolute atomic E-state index is 11.9. The molecule has 0 amide bonds. The van der Waals surface area contributed by atoms with Crippen molar-refractivity contribution in [2.75, 3.05) is 6.61 Å². The normalized spacial score (nSPS) is 13.7. The monoisotopic (exact) mass is 405 g/mol. The van der Waals surface area contributed by atoms with Crippen LogP contribution in [0.15, 0.2) is 29.4 Å². The lowest BCUT2D eigenvalue weighted by molar-refractivity contribution is -0.163. The molecular formula is C21H31N3O5. The third kappa shape index (κ3) is 10.5. The number of hydrogen-bond donors (Lipinski definition) is 0. The molecule has 0 bridgehead atoms. The molecule has 0 fully saturated rings. The van der Waals surface area contributed by atoms with Crippen molar-refractivity contribution in [1.29, 1.82) is 0 Å². The number of nitrogens with zero attached hydrogens (tertiary/aromatic N) is 3. The third-order valence-corrected chi connectivity index (χ3v) is 3.59. The summed E-state index contributed by atoms with van der Waals surface area (Å²) in [5.41, 5.74) is 8.88. The summed E-state index contributed by atoms with van der Waals surface area (Å²) in [6.45, 7) is 10.8. The molecule has 0 unspecified atom stereocenters. The number of carbonyl (C=O) groups excluding carboxylic acids is 2. The maximum Gasteiger partial charge on any atom is 0.332 e. The van der Waals surface area contributed by atoms with Crippen molar-refractivity contribution >= 4 is 12.3 Å². The summed E-state index contributed by atoms with van der Waals surface area (Å²) >= 11 is 0. The minimum Gasteiger partial charge on any atom is -0.488 e. The molecule has 0 aliphatic rings. The zero-order chi connectivity index (χ0) is 22.1. The van der Waals surface area contributed by atoms with Gasteiger partial charge in [0.15, 0.2) is 0 Å². The molecule has 0 saturated carbocycles. The summed E-state index contributed by atoms with van der Waals surface area (Å²) in [7, 11) is 0. The molecular weight excluding hydrogens is 374 g/mol. The number of rotatable bonds is 10. The molecule has 1 aromatic rings. The van der Waals surface area contributed by atoms with Gasteiger partial charge in [-0.25, -0.2) is 4.79 Å². The number of hydrogen-bond acceptors (Lipinski definition) is 6. The van der Waals surface area contributed by atoms with E-state index < -0.39 is 23.7 Å². The molecule has 0 radical (unpaired) electrons. The van der Waals surface area contributed by atoms with Gasteiger partial charge in [-0.05, 0) is 71.2 Å². The molecule has 0 saturated heterocycles. The van der Waals surface area contributed by atoms with Crippen LogP contribution in [0.4, 0.5) is 0 Å². The first-order chi connectivity index (χ1) is 13.4. The van der Waals surface area contributed by atoms with Crippen LogP contribution in [0.2, 0.25) is 0 Å². The van der Waals surface area contributed by atoms with Crippen LogP contribution in [0, 0.1) is 0 Å². The van der Waals surface area contributed by atoms with Crippen LogP contribution in [0.3, 0.4) is 0 Å². The van der Waals surface area contributed by atoms with Crippen molar-refractivity contribution in [2.24, 2.45) is 5.11 Å². The Morgan fingerprint density at radius 3 is 2.24 bits per heavy atom. The lowest BCUT2D eigenvalue weighted by Crippen LogP contribution is -2.34. The fraction of sp³-hybridized carbons (Fsp3) is 0.619. The van der Waals surface area contributed by atoms with E-state index >= 15 is 0 Å². The van der Waals surface area contributed by atoms with Crippen LogP contribution in [0.5, 0.6) is 5.75 Å². The van der Waals surface area contributed by atoms with Gasteiger partial charge in [-0.15, -0.1) is 0 Å². The van der Waals surface area contributed by atoms with Crippen LogP contribution < -0.4 is 4.74 Å². The van der Waals surface area contributed by atoms with Gasteiger partial charge in [-0.1, -0.05) is 17.2 Å². The summed E-state index contributed by atoms with van der Waals surface area (Å²) in [5, 5.41) is 3.79. The Labute approximate surface area is 172 Å².